The predicted octanol–water partition coefficient (Wildman–Crippen LogP) is -0.245. The number of benzene rings is 2. The van der Waals surface area contributed by atoms with Gasteiger partial charge in [0.15, 0.2) is 11.5 Å². The van der Waals surface area contributed by atoms with Gasteiger partial charge in [0.05, 0.1) is 18.7 Å². The van der Waals surface area contributed by atoms with E-state index in [2.05, 4.69) is 21.2 Å². The van der Waals surface area contributed by atoms with Crippen molar-refractivity contribution in [2.24, 2.45) is 0 Å². The molecule has 0 radical (unpaired) electrons. The lowest BCUT2D eigenvalue weighted by atomic mass is 10.2. The number of nitrogens with one attached hydrogen (secondary N) is 1. The molecule has 152 valence electrons. The summed E-state index contributed by atoms with van der Waals surface area (Å²) < 4.78 is 16.4. The second-order valence-corrected chi connectivity index (χ2v) is 5.80. The molecule has 0 unspecified atom stereocenters. The Balaban J connectivity index is 0.00000300. The summed E-state index contributed by atoms with van der Waals surface area (Å²) in [5, 5.41) is 13.1. The SMILES string of the molecule is C#Cc1cccc(Nc2ncnc3cc(OCCOC)c(OCCO)cc23)c1.[Cl-]. The van der Waals surface area contributed by atoms with E-state index in [1.165, 1.54) is 6.33 Å². The maximum absolute atomic E-state index is 9.11. The molecule has 0 aliphatic rings. The highest BCUT2D eigenvalue weighted by Crippen LogP contribution is 2.35. The molecule has 29 heavy (non-hydrogen) atoms. The van der Waals surface area contributed by atoms with Crippen LogP contribution >= 0.6 is 0 Å². The van der Waals surface area contributed by atoms with E-state index in [-0.39, 0.29) is 25.6 Å². The zero-order valence-electron chi connectivity index (χ0n) is 15.9. The number of hydrogen-bond acceptors (Lipinski definition) is 7. The first-order valence-corrected chi connectivity index (χ1v) is 8.73. The van der Waals surface area contributed by atoms with Gasteiger partial charge in [-0.15, -0.1) is 6.42 Å². The molecule has 0 spiro atoms. The van der Waals surface area contributed by atoms with Crippen LogP contribution in [0.5, 0.6) is 11.5 Å². The summed E-state index contributed by atoms with van der Waals surface area (Å²) in [6.45, 7) is 0.851. The molecule has 0 fully saturated rings. The Kier molecular flexibility index (Phi) is 8.49. The van der Waals surface area contributed by atoms with Crippen LogP contribution in [-0.4, -0.2) is 48.6 Å². The lowest BCUT2D eigenvalue weighted by Gasteiger charge is -2.15. The molecule has 0 amide bonds. The molecule has 2 N–H and O–H groups in total. The van der Waals surface area contributed by atoms with Crippen LogP contribution in [0.2, 0.25) is 0 Å². The van der Waals surface area contributed by atoms with Gasteiger partial charge in [0.1, 0.15) is 25.4 Å². The molecule has 7 nitrogen and oxygen atoms in total. The van der Waals surface area contributed by atoms with Gasteiger partial charge in [0.2, 0.25) is 0 Å². The largest absolute Gasteiger partial charge is 1.00 e. The van der Waals surface area contributed by atoms with Crippen LogP contribution < -0.4 is 27.2 Å². The number of fused-ring (bicyclic) bond motifs is 1. The van der Waals surface area contributed by atoms with Crippen molar-refractivity contribution in [3.8, 4) is 23.8 Å². The Bertz CT molecular complexity index is 991. The normalized spacial score (nSPS) is 10.1. The second-order valence-electron chi connectivity index (χ2n) is 5.80. The summed E-state index contributed by atoms with van der Waals surface area (Å²) in [7, 11) is 1.60. The summed E-state index contributed by atoms with van der Waals surface area (Å²) in [6.07, 6.45) is 6.95. The van der Waals surface area contributed by atoms with Gasteiger partial charge in [0.25, 0.3) is 0 Å². The van der Waals surface area contributed by atoms with Crippen LogP contribution in [0.1, 0.15) is 5.56 Å². The summed E-state index contributed by atoms with van der Waals surface area (Å²) in [5.74, 6) is 4.24. The average molecular weight is 415 g/mol. The molecule has 0 saturated heterocycles. The van der Waals surface area contributed by atoms with E-state index in [1.807, 2.05) is 24.3 Å². The van der Waals surface area contributed by atoms with Crippen molar-refractivity contribution in [1.29, 1.82) is 0 Å². The van der Waals surface area contributed by atoms with E-state index >= 15 is 0 Å². The number of methoxy groups -OCH3 is 1. The molecule has 3 rings (SSSR count). The van der Waals surface area contributed by atoms with Gasteiger partial charge in [-0.05, 0) is 24.3 Å². The minimum absolute atomic E-state index is 0. The fourth-order valence-electron chi connectivity index (χ4n) is 2.60. The minimum atomic E-state index is -0.106. The third-order valence-corrected chi connectivity index (χ3v) is 3.89. The van der Waals surface area contributed by atoms with E-state index in [9.17, 15) is 0 Å². The molecule has 1 aromatic heterocycles. The molecule has 1 heterocycles. The van der Waals surface area contributed by atoms with Crippen molar-refractivity contribution >= 4 is 22.4 Å². The van der Waals surface area contributed by atoms with Gasteiger partial charge in [-0.2, -0.15) is 0 Å². The number of halogens is 1. The maximum atomic E-state index is 9.11. The maximum Gasteiger partial charge on any atom is 0.163 e. The molecule has 0 saturated carbocycles. The van der Waals surface area contributed by atoms with Crippen LogP contribution in [0.15, 0.2) is 42.7 Å². The first-order valence-electron chi connectivity index (χ1n) is 8.73. The lowest BCUT2D eigenvalue weighted by Crippen LogP contribution is -3.00. The number of ether oxygens (including phenoxy) is 3. The second kappa shape index (κ2) is 11.1. The molecule has 2 aromatic carbocycles. The molecule has 8 heteroatoms. The number of aliphatic hydroxyl groups excluding tert-OH is 1. The molecule has 0 bridgehead atoms. The summed E-state index contributed by atoms with van der Waals surface area (Å²) in [6, 6.07) is 11.1. The molecular weight excluding hydrogens is 394 g/mol. The highest BCUT2D eigenvalue weighted by atomic mass is 35.5. The third kappa shape index (κ3) is 5.72. The van der Waals surface area contributed by atoms with Gasteiger partial charge < -0.3 is 37.0 Å². The monoisotopic (exact) mass is 414 g/mol. The third-order valence-electron chi connectivity index (χ3n) is 3.89. The highest BCUT2D eigenvalue weighted by molar-refractivity contribution is 5.93. The van der Waals surface area contributed by atoms with Crippen LogP contribution in [0, 0.1) is 12.3 Å². The number of hydrogen-bond donors (Lipinski definition) is 2. The fraction of sp³-hybridized carbons (Fsp3) is 0.238. The number of aliphatic hydroxyl groups is 1. The minimum Gasteiger partial charge on any atom is -1.00 e. The Morgan fingerprint density at radius 1 is 1.07 bits per heavy atom. The fourth-order valence-corrected chi connectivity index (χ4v) is 2.60. The molecule has 3 aromatic rings. The van der Waals surface area contributed by atoms with E-state index in [1.54, 1.807) is 19.2 Å². The number of aromatic nitrogens is 2. The summed E-state index contributed by atoms with van der Waals surface area (Å²) in [5.41, 5.74) is 2.27. The highest BCUT2D eigenvalue weighted by Gasteiger charge is 2.13. The zero-order valence-corrected chi connectivity index (χ0v) is 16.6. The van der Waals surface area contributed by atoms with E-state index in [0.29, 0.717) is 36.0 Å². The van der Waals surface area contributed by atoms with E-state index in [4.69, 9.17) is 25.7 Å². The quantitative estimate of drug-likeness (QED) is 0.369. The van der Waals surface area contributed by atoms with Crippen LogP contribution in [0.25, 0.3) is 10.9 Å². The van der Waals surface area contributed by atoms with Crippen LogP contribution in [0.4, 0.5) is 11.5 Å². The zero-order chi connectivity index (χ0) is 19.8. The number of anilines is 2. The molecule has 0 atom stereocenters. The van der Waals surface area contributed by atoms with Crippen molar-refractivity contribution in [3.63, 3.8) is 0 Å². The van der Waals surface area contributed by atoms with E-state index in [0.717, 1.165) is 16.6 Å². The molecular formula is C21H21ClN3O4-. The van der Waals surface area contributed by atoms with Crippen molar-refractivity contribution in [3.05, 3.63) is 48.3 Å². The summed E-state index contributed by atoms with van der Waals surface area (Å²) in [4.78, 5) is 8.67. The predicted molar refractivity (Wildman–Crippen MR) is 107 cm³/mol. The summed E-state index contributed by atoms with van der Waals surface area (Å²) >= 11 is 0. The first kappa shape index (κ1) is 22.2. The number of rotatable bonds is 9. The first-order chi connectivity index (χ1) is 13.7. The Morgan fingerprint density at radius 2 is 1.86 bits per heavy atom. The van der Waals surface area contributed by atoms with Crippen LogP contribution in [-0.2, 0) is 4.74 Å². The topological polar surface area (TPSA) is 85.7 Å². The van der Waals surface area contributed by atoms with Crippen molar-refractivity contribution < 1.29 is 31.7 Å². The smallest absolute Gasteiger partial charge is 0.163 e. The standard InChI is InChI=1S/C21H21N3O4.ClH/c1-3-15-5-4-6-16(11-15)24-21-17-12-19(27-8-7-25)20(28-10-9-26-2)13-18(17)22-14-23-21;/h1,4-6,11-14,25H,7-10H2,2H3,(H,22,23,24);1H/p-1. The number of nitrogens with zero attached hydrogens (tertiary/aromatic N) is 2. The van der Waals surface area contributed by atoms with Gasteiger partial charge in [0, 0.05) is 29.8 Å². The lowest BCUT2D eigenvalue weighted by molar-refractivity contribution is -0.00000743. The average Bonchev–Trinajstić information content (AvgIpc) is 2.73. The van der Waals surface area contributed by atoms with Gasteiger partial charge in [-0.3, -0.25) is 0 Å². The van der Waals surface area contributed by atoms with Gasteiger partial charge in [-0.25, -0.2) is 9.97 Å². The van der Waals surface area contributed by atoms with E-state index < -0.39 is 0 Å². The Hall–Kier alpha value is -3.05. The van der Waals surface area contributed by atoms with Gasteiger partial charge in [-0.1, -0.05) is 12.0 Å². The van der Waals surface area contributed by atoms with Crippen molar-refractivity contribution in [1.82, 2.24) is 9.97 Å². The number of terminal acetylenes is 1. The Labute approximate surface area is 175 Å². The molecule has 0 aliphatic heterocycles. The van der Waals surface area contributed by atoms with Gasteiger partial charge >= 0.3 is 0 Å². The van der Waals surface area contributed by atoms with Crippen molar-refractivity contribution in [2.45, 2.75) is 0 Å². The van der Waals surface area contributed by atoms with Crippen LogP contribution in [0.3, 0.4) is 0 Å². The molecule has 0 aliphatic carbocycles. The Morgan fingerprint density at radius 3 is 2.62 bits per heavy atom. The van der Waals surface area contributed by atoms with Crippen molar-refractivity contribution in [2.75, 3.05) is 38.9 Å².